The molecule has 0 aliphatic heterocycles. The molecule has 90 valence electrons. The molecule has 0 radical (unpaired) electrons. The molecule has 0 bridgehead atoms. The van der Waals surface area contributed by atoms with Crippen LogP contribution in [-0.4, -0.2) is 9.97 Å². The van der Waals surface area contributed by atoms with E-state index in [1.165, 1.54) is 6.07 Å². The highest BCUT2D eigenvalue weighted by molar-refractivity contribution is 5.76. The van der Waals surface area contributed by atoms with E-state index in [1.807, 2.05) is 0 Å². The summed E-state index contributed by atoms with van der Waals surface area (Å²) in [6.07, 6.45) is 3.75. The van der Waals surface area contributed by atoms with Crippen molar-refractivity contribution in [3.8, 4) is 0 Å². The number of benzene rings is 1. The molecule has 1 aromatic carbocycles. The Balaban J connectivity index is 2.16. The van der Waals surface area contributed by atoms with Crippen LogP contribution < -0.4 is 5.73 Å². The highest BCUT2D eigenvalue weighted by Crippen LogP contribution is 2.35. The van der Waals surface area contributed by atoms with Crippen LogP contribution in [0, 0.1) is 11.6 Å². The van der Waals surface area contributed by atoms with Crippen LogP contribution in [0.2, 0.25) is 0 Å². The number of hydrogen-bond acceptors (Lipinski definition) is 2. The summed E-state index contributed by atoms with van der Waals surface area (Å²) in [6, 6.07) is 2.08. The zero-order chi connectivity index (χ0) is 12.0. The van der Waals surface area contributed by atoms with Crippen molar-refractivity contribution in [3.05, 3.63) is 29.6 Å². The van der Waals surface area contributed by atoms with Crippen LogP contribution in [-0.2, 0) is 5.54 Å². The third-order valence-corrected chi connectivity index (χ3v) is 3.47. The predicted octanol–water partition coefficient (Wildman–Crippen LogP) is 2.57. The average molecular weight is 237 g/mol. The van der Waals surface area contributed by atoms with Crippen molar-refractivity contribution in [1.82, 2.24) is 9.97 Å². The van der Waals surface area contributed by atoms with Gasteiger partial charge in [-0.1, -0.05) is 12.8 Å². The number of aromatic nitrogens is 2. The van der Waals surface area contributed by atoms with E-state index in [2.05, 4.69) is 9.97 Å². The lowest BCUT2D eigenvalue weighted by molar-refractivity contribution is 0.436. The third-order valence-electron chi connectivity index (χ3n) is 3.47. The molecule has 2 aromatic rings. The Morgan fingerprint density at radius 2 is 1.94 bits per heavy atom. The van der Waals surface area contributed by atoms with E-state index in [4.69, 9.17) is 5.73 Å². The highest BCUT2D eigenvalue weighted by Gasteiger charge is 2.34. The van der Waals surface area contributed by atoms with Gasteiger partial charge in [-0.15, -0.1) is 0 Å². The maximum Gasteiger partial charge on any atom is 0.153 e. The first kappa shape index (κ1) is 10.7. The van der Waals surface area contributed by atoms with Crippen LogP contribution in [0.3, 0.4) is 0 Å². The Morgan fingerprint density at radius 1 is 1.24 bits per heavy atom. The van der Waals surface area contributed by atoms with Crippen LogP contribution >= 0.6 is 0 Å². The lowest BCUT2D eigenvalue weighted by Gasteiger charge is -2.19. The first-order valence-corrected chi connectivity index (χ1v) is 5.73. The normalized spacial score (nSPS) is 19.0. The molecule has 1 aromatic heterocycles. The molecule has 1 aliphatic rings. The van der Waals surface area contributed by atoms with E-state index in [1.54, 1.807) is 0 Å². The molecule has 1 saturated carbocycles. The first-order chi connectivity index (χ1) is 8.08. The number of hydrogen-bond donors (Lipinski definition) is 2. The Hall–Kier alpha value is -1.49. The fraction of sp³-hybridized carbons (Fsp3) is 0.417. The van der Waals surface area contributed by atoms with Crippen LogP contribution in [0.4, 0.5) is 8.78 Å². The lowest BCUT2D eigenvalue weighted by atomic mass is 9.99. The molecule has 3 N–H and O–H groups in total. The predicted molar refractivity (Wildman–Crippen MR) is 60.3 cm³/mol. The summed E-state index contributed by atoms with van der Waals surface area (Å²) >= 11 is 0. The number of H-pyrrole nitrogens is 1. The van der Waals surface area contributed by atoms with Gasteiger partial charge < -0.3 is 10.7 Å². The van der Waals surface area contributed by atoms with Crippen molar-refractivity contribution in [2.24, 2.45) is 5.73 Å². The van der Waals surface area contributed by atoms with Crippen molar-refractivity contribution >= 4 is 11.0 Å². The quantitative estimate of drug-likeness (QED) is 0.800. The number of rotatable bonds is 1. The Labute approximate surface area is 97.0 Å². The zero-order valence-corrected chi connectivity index (χ0v) is 9.26. The largest absolute Gasteiger partial charge is 0.340 e. The van der Waals surface area contributed by atoms with Crippen LogP contribution in [0.5, 0.6) is 0 Å². The molecule has 17 heavy (non-hydrogen) atoms. The van der Waals surface area contributed by atoms with Crippen LogP contribution in [0.25, 0.3) is 11.0 Å². The average Bonchev–Trinajstić information content (AvgIpc) is 2.84. The van der Waals surface area contributed by atoms with Crippen LogP contribution in [0.15, 0.2) is 12.1 Å². The summed E-state index contributed by atoms with van der Waals surface area (Å²) < 4.78 is 26.6. The molecule has 3 nitrogen and oxygen atoms in total. The third kappa shape index (κ3) is 1.61. The van der Waals surface area contributed by atoms with Gasteiger partial charge in [0.15, 0.2) is 5.82 Å². The molecule has 0 atom stereocenters. The SMILES string of the molecule is NC1(c2nc3c(F)cc(F)cc3[nH]2)CCCC1. The van der Waals surface area contributed by atoms with Crippen molar-refractivity contribution in [2.75, 3.05) is 0 Å². The number of nitrogens with two attached hydrogens (primary N) is 1. The second kappa shape index (κ2) is 3.50. The summed E-state index contributed by atoms with van der Waals surface area (Å²) in [6.45, 7) is 0. The summed E-state index contributed by atoms with van der Waals surface area (Å²) in [4.78, 5) is 7.13. The minimum atomic E-state index is -0.649. The molecule has 3 rings (SSSR count). The van der Waals surface area contributed by atoms with Gasteiger partial charge in [0.1, 0.15) is 17.2 Å². The molecule has 0 amide bonds. The first-order valence-electron chi connectivity index (χ1n) is 5.73. The molecule has 1 fully saturated rings. The monoisotopic (exact) mass is 237 g/mol. The zero-order valence-electron chi connectivity index (χ0n) is 9.26. The minimum Gasteiger partial charge on any atom is -0.340 e. The van der Waals surface area contributed by atoms with Crippen molar-refractivity contribution in [1.29, 1.82) is 0 Å². The molecule has 1 aliphatic carbocycles. The number of halogens is 2. The van der Waals surface area contributed by atoms with Crippen molar-refractivity contribution in [2.45, 2.75) is 31.2 Å². The summed E-state index contributed by atoms with van der Waals surface area (Å²) in [7, 11) is 0. The number of imidazole rings is 1. The number of nitrogens with one attached hydrogen (secondary N) is 1. The Morgan fingerprint density at radius 3 is 2.65 bits per heavy atom. The Kier molecular flexibility index (Phi) is 2.19. The van der Waals surface area contributed by atoms with Gasteiger partial charge in [-0.2, -0.15) is 0 Å². The smallest absolute Gasteiger partial charge is 0.153 e. The van der Waals surface area contributed by atoms with Crippen molar-refractivity contribution in [3.63, 3.8) is 0 Å². The second-order valence-corrected chi connectivity index (χ2v) is 4.73. The molecule has 0 unspecified atom stereocenters. The van der Waals surface area contributed by atoms with Crippen molar-refractivity contribution < 1.29 is 8.78 Å². The maximum atomic E-state index is 13.5. The molecular weight excluding hydrogens is 224 g/mol. The molecule has 0 saturated heterocycles. The highest BCUT2D eigenvalue weighted by atomic mass is 19.1. The van der Waals surface area contributed by atoms with Gasteiger partial charge in [0.05, 0.1) is 11.1 Å². The van der Waals surface area contributed by atoms with Gasteiger partial charge in [0.25, 0.3) is 0 Å². The van der Waals surface area contributed by atoms with E-state index in [0.717, 1.165) is 31.7 Å². The molecule has 1 heterocycles. The number of aromatic amines is 1. The number of fused-ring (bicyclic) bond motifs is 1. The van der Waals surface area contributed by atoms with Crippen LogP contribution in [0.1, 0.15) is 31.5 Å². The minimum absolute atomic E-state index is 0.165. The second-order valence-electron chi connectivity index (χ2n) is 4.73. The van der Waals surface area contributed by atoms with Gasteiger partial charge in [-0.05, 0) is 18.9 Å². The Bertz CT molecular complexity index is 570. The van der Waals surface area contributed by atoms with E-state index < -0.39 is 17.2 Å². The topological polar surface area (TPSA) is 54.7 Å². The lowest BCUT2D eigenvalue weighted by Crippen LogP contribution is -2.34. The van der Waals surface area contributed by atoms with Gasteiger partial charge in [-0.25, -0.2) is 13.8 Å². The van der Waals surface area contributed by atoms with E-state index in [-0.39, 0.29) is 5.52 Å². The summed E-state index contributed by atoms with van der Waals surface area (Å²) in [5, 5.41) is 0. The van der Waals surface area contributed by atoms with E-state index in [9.17, 15) is 8.78 Å². The maximum absolute atomic E-state index is 13.5. The van der Waals surface area contributed by atoms with E-state index >= 15 is 0 Å². The fourth-order valence-electron chi connectivity index (χ4n) is 2.52. The molecular formula is C12H13F2N3. The van der Waals surface area contributed by atoms with E-state index in [0.29, 0.717) is 11.3 Å². The standard InChI is InChI=1S/C12H13F2N3/c13-7-5-8(14)10-9(6-7)16-11(17-10)12(15)3-1-2-4-12/h5-6H,1-4,15H2,(H,16,17). The van der Waals surface area contributed by atoms with Gasteiger partial charge >= 0.3 is 0 Å². The van der Waals surface area contributed by atoms with Gasteiger partial charge in [0, 0.05) is 6.07 Å². The van der Waals surface area contributed by atoms with Gasteiger partial charge in [-0.3, -0.25) is 0 Å². The summed E-state index contributed by atoms with van der Waals surface area (Å²) in [5.74, 6) is -0.693. The fourth-order valence-corrected chi connectivity index (χ4v) is 2.52. The number of nitrogens with zero attached hydrogens (tertiary/aromatic N) is 1. The molecule has 0 spiro atoms. The molecule has 5 heteroatoms. The summed E-state index contributed by atoms with van der Waals surface area (Å²) in [5.41, 5.74) is 6.25. The van der Waals surface area contributed by atoms with Gasteiger partial charge in [0.2, 0.25) is 0 Å².